The van der Waals surface area contributed by atoms with Crippen molar-refractivity contribution >= 4 is 16.9 Å². The van der Waals surface area contributed by atoms with E-state index in [0.717, 1.165) is 53.4 Å². The van der Waals surface area contributed by atoms with E-state index in [1.807, 2.05) is 41.6 Å². The molecule has 4 heterocycles. The third kappa shape index (κ3) is 4.23. The van der Waals surface area contributed by atoms with Crippen LogP contribution in [-0.4, -0.2) is 56.7 Å². The van der Waals surface area contributed by atoms with Crippen molar-refractivity contribution in [2.24, 2.45) is 0 Å². The van der Waals surface area contributed by atoms with E-state index >= 15 is 0 Å². The van der Waals surface area contributed by atoms with Gasteiger partial charge in [0.1, 0.15) is 11.5 Å². The monoisotopic (exact) mass is 457 g/mol. The van der Waals surface area contributed by atoms with E-state index in [2.05, 4.69) is 48.1 Å². The molecule has 176 valence electrons. The molecule has 0 N–H and O–H groups in total. The summed E-state index contributed by atoms with van der Waals surface area (Å²) in [5, 5.41) is 5.35. The fraction of sp³-hybridized carbons (Fsp3) is 0.370. The first kappa shape index (κ1) is 22.3. The maximum absolute atomic E-state index is 13.8. The molecule has 7 nitrogen and oxygen atoms in total. The number of carbonyl (C=O) groups is 1. The normalized spacial score (nSPS) is 14.9. The van der Waals surface area contributed by atoms with E-state index in [1.54, 1.807) is 6.20 Å². The van der Waals surface area contributed by atoms with Gasteiger partial charge in [0.25, 0.3) is 5.91 Å². The highest BCUT2D eigenvalue weighted by atomic mass is 16.3. The predicted octanol–water partition coefficient (Wildman–Crippen LogP) is 4.85. The van der Waals surface area contributed by atoms with Gasteiger partial charge in [0, 0.05) is 44.3 Å². The molecule has 1 aliphatic heterocycles. The summed E-state index contributed by atoms with van der Waals surface area (Å²) in [4.78, 5) is 23.0. The summed E-state index contributed by atoms with van der Waals surface area (Å²) in [5.74, 6) is 1.66. The lowest BCUT2D eigenvalue weighted by Gasteiger charge is -2.35. The molecule has 0 radical (unpaired) electrons. The van der Waals surface area contributed by atoms with Crippen LogP contribution in [0, 0.1) is 13.8 Å². The molecule has 0 saturated carbocycles. The number of furan rings is 1. The summed E-state index contributed by atoms with van der Waals surface area (Å²) in [5.41, 5.74) is 4.35. The molecule has 0 atom stereocenters. The van der Waals surface area contributed by atoms with E-state index in [9.17, 15) is 4.79 Å². The second-order valence-electron chi connectivity index (χ2n) is 9.36. The maximum atomic E-state index is 13.8. The van der Waals surface area contributed by atoms with Gasteiger partial charge < -0.3 is 9.32 Å². The predicted molar refractivity (Wildman–Crippen MR) is 133 cm³/mol. The van der Waals surface area contributed by atoms with Crippen LogP contribution in [0.2, 0.25) is 0 Å². The van der Waals surface area contributed by atoms with E-state index in [4.69, 9.17) is 9.40 Å². The molecule has 34 heavy (non-hydrogen) atoms. The fourth-order valence-corrected chi connectivity index (χ4v) is 4.72. The largest absolute Gasteiger partial charge is 0.466 e. The minimum Gasteiger partial charge on any atom is -0.466 e. The Bertz CT molecular complexity index is 1310. The molecule has 0 spiro atoms. The van der Waals surface area contributed by atoms with Crippen LogP contribution in [0.4, 0.5) is 0 Å². The molecule has 0 aliphatic carbocycles. The topological polar surface area (TPSA) is 67.4 Å². The summed E-state index contributed by atoms with van der Waals surface area (Å²) in [7, 11) is 0. The minimum absolute atomic E-state index is 0.0363. The SMILES string of the molecule is Cc1cc(-c2cc(C(=O)N3CCN(Cc4ccccc4)CC3)c3cnn(C(C)C)c3n2)c(C)o1. The highest BCUT2D eigenvalue weighted by Crippen LogP contribution is 2.30. The lowest BCUT2D eigenvalue weighted by Crippen LogP contribution is -2.48. The third-order valence-electron chi connectivity index (χ3n) is 6.51. The lowest BCUT2D eigenvalue weighted by molar-refractivity contribution is 0.0630. The van der Waals surface area contributed by atoms with E-state index in [-0.39, 0.29) is 11.9 Å². The molecule has 1 aromatic carbocycles. The summed E-state index contributed by atoms with van der Waals surface area (Å²) in [6.45, 7) is 12.0. The number of fused-ring (bicyclic) bond motifs is 1. The molecule has 5 rings (SSSR count). The van der Waals surface area contributed by atoms with Crippen LogP contribution in [0.25, 0.3) is 22.3 Å². The van der Waals surface area contributed by atoms with Crippen molar-refractivity contribution in [2.75, 3.05) is 26.2 Å². The van der Waals surface area contributed by atoms with Crippen LogP contribution in [-0.2, 0) is 6.54 Å². The zero-order valence-corrected chi connectivity index (χ0v) is 20.3. The number of carbonyl (C=O) groups excluding carboxylic acids is 1. The molecule has 1 fully saturated rings. The van der Waals surface area contributed by atoms with Gasteiger partial charge in [0.2, 0.25) is 0 Å². The minimum atomic E-state index is 0.0363. The number of piperazine rings is 1. The Balaban J connectivity index is 1.44. The number of aryl methyl sites for hydroxylation is 2. The van der Waals surface area contributed by atoms with Crippen LogP contribution in [0.1, 0.15) is 47.3 Å². The van der Waals surface area contributed by atoms with Crippen molar-refractivity contribution in [3.63, 3.8) is 0 Å². The zero-order valence-electron chi connectivity index (χ0n) is 20.3. The highest BCUT2D eigenvalue weighted by Gasteiger charge is 2.26. The number of pyridine rings is 1. The van der Waals surface area contributed by atoms with E-state index in [0.29, 0.717) is 18.7 Å². The number of hydrogen-bond acceptors (Lipinski definition) is 5. The first-order valence-corrected chi connectivity index (χ1v) is 11.9. The first-order valence-electron chi connectivity index (χ1n) is 11.9. The van der Waals surface area contributed by atoms with Crippen molar-refractivity contribution in [2.45, 2.75) is 40.3 Å². The molecule has 1 saturated heterocycles. The number of nitrogens with zero attached hydrogens (tertiary/aromatic N) is 5. The van der Waals surface area contributed by atoms with Gasteiger partial charge in [-0.15, -0.1) is 0 Å². The smallest absolute Gasteiger partial charge is 0.254 e. The van der Waals surface area contributed by atoms with Crippen LogP contribution < -0.4 is 0 Å². The van der Waals surface area contributed by atoms with Crippen molar-refractivity contribution < 1.29 is 9.21 Å². The summed E-state index contributed by atoms with van der Waals surface area (Å²) in [6, 6.07) is 14.5. The van der Waals surface area contributed by atoms with Gasteiger partial charge in [-0.2, -0.15) is 5.10 Å². The van der Waals surface area contributed by atoms with Crippen LogP contribution in [0.3, 0.4) is 0 Å². The zero-order chi connectivity index (χ0) is 23.8. The molecular weight excluding hydrogens is 426 g/mol. The van der Waals surface area contributed by atoms with Crippen molar-refractivity contribution in [1.29, 1.82) is 0 Å². The Morgan fingerprint density at radius 1 is 1.06 bits per heavy atom. The highest BCUT2D eigenvalue weighted by molar-refractivity contribution is 6.06. The average Bonchev–Trinajstić information content (AvgIpc) is 3.41. The van der Waals surface area contributed by atoms with Crippen molar-refractivity contribution in [1.82, 2.24) is 24.6 Å². The Labute approximate surface area is 200 Å². The number of rotatable bonds is 5. The van der Waals surface area contributed by atoms with Crippen molar-refractivity contribution in [3.8, 4) is 11.3 Å². The van der Waals surface area contributed by atoms with Crippen molar-refractivity contribution in [3.05, 3.63) is 71.3 Å². The molecule has 0 unspecified atom stereocenters. The summed E-state index contributed by atoms with van der Waals surface area (Å²) < 4.78 is 7.64. The molecule has 4 aromatic rings. The Hall–Kier alpha value is -3.45. The van der Waals surface area contributed by atoms with Gasteiger partial charge in [0.15, 0.2) is 5.65 Å². The second kappa shape index (κ2) is 9.06. The van der Waals surface area contributed by atoms with Gasteiger partial charge in [-0.05, 0) is 45.4 Å². The van der Waals surface area contributed by atoms with E-state index < -0.39 is 0 Å². The number of aromatic nitrogens is 3. The third-order valence-corrected chi connectivity index (χ3v) is 6.51. The lowest BCUT2D eigenvalue weighted by atomic mass is 10.1. The number of amides is 1. The van der Waals surface area contributed by atoms with Gasteiger partial charge in [-0.25, -0.2) is 9.67 Å². The van der Waals surface area contributed by atoms with Crippen LogP contribution in [0.15, 0.2) is 53.1 Å². The molecule has 1 amide bonds. The molecule has 7 heteroatoms. The van der Waals surface area contributed by atoms with Gasteiger partial charge in [-0.1, -0.05) is 30.3 Å². The quantitative estimate of drug-likeness (QED) is 0.429. The summed E-state index contributed by atoms with van der Waals surface area (Å²) >= 11 is 0. The standard InChI is InChI=1S/C27H31N5O2/c1-18(2)32-26-24(16-28-32)23(15-25(29-26)22-14-19(3)34-20(22)4)27(33)31-12-10-30(11-13-31)17-21-8-6-5-7-9-21/h5-9,14-16,18H,10-13,17H2,1-4H3. The van der Waals surface area contributed by atoms with Crippen LogP contribution in [0.5, 0.6) is 0 Å². The van der Waals surface area contributed by atoms with Crippen LogP contribution >= 0.6 is 0 Å². The molecule has 3 aromatic heterocycles. The number of benzene rings is 1. The maximum Gasteiger partial charge on any atom is 0.254 e. The Morgan fingerprint density at radius 3 is 2.44 bits per heavy atom. The molecule has 0 bridgehead atoms. The Kier molecular flexibility index (Phi) is 5.96. The first-order chi connectivity index (χ1) is 16.4. The van der Waals surface area contributed by atoms with Gasteiger partial charge in [-0.3, -0.25) is 9.69 Å². The second-order valence-corrected chi connectivity index (χ2v) is 9.36. The van der Waals surface area contributed by atoms with Gasteiger partial charge in [0.05, 0.1) is 22.8 Å². The molecule has 1 aliphatic rings. The van der Waals surface area contributed by atoms with E-state index in [1.165, 1.54) is 5.56 Å². The number of hydrogen-bond donors (Lipinski definition) is 0. The Morgan fingerprint density at radius 2 is 1.79 bits per heavy atom. The fourth-order valence-electron chi connectivity index (χ4n) is 4.72. The molecular formula is C27H31N5O2. The summed E-state index contributed by atoms with van der Waals surface area (Å²) in [6.07, 6.45) is 1.78. The average molecular weight is 458 g/mol. The van der Waals surface area contributed by atoms with Gasteiger partial charge >= 0.3 is 0 Å².